The first-order valence-electron chi connectivity index (χ1n) is 4.64. The predicted molar refractivity (Wildman–Crippen MR) is 57.7 cm³/mol. The summed E-state index contributed by atoms with van der Waals surface area (Å²) >= 11 is 5.79. The van der Waals surface area contributed by atoms with Crippen molar-refractivity contribution in [3.63, 3.8) is 0 Å². The molecule has 3 nitrogen and oxygen atoms in total. The van der Waals surface area contributed by atoms with Crippen LogP contribution >= 0.6 is 11.6 Å². The van der Waals surface area contributed by atoms with Gasteiger partial charge in [0.05, 0.1) is 0 Å². The molecule has 1 aromatic rings. The van der Waals surface area contributed by atoms with E-state index in [1.54, 1.807) is 0 Å². The van der Waals surface area contributed by atoms with Gasteiger partial charge in [-0.3, -0.25) is 9.59 Å². The van der Waals surface area contributed by atoms with Gasteiger partial charge in [-0.15, -0.1) is 11.6 Å². The summed E-state index contributed by atoms with van der Waals surface area (Å²) < 4.78 is 28.0. The Morgan fingerprint density at radius 2 is 2.12 bits per heavy atom. The highest BCUT2D eigenvalue weighted by Gasteiger charge is 2.18. The van der Waals surface area contributed by atoms with E-state index in [2.05, 4.69) is 4.74 Å². The summed E-state index contributed by atoms with van der Waals surface area (Å²) in [6.07, 6.45) is 0.436. The van der Waals surface area contributed by atoms with Crippen molar-refractivity contribution in [1.29, 1.82) is 0 Å². The second kappa shape index (κ2) is 5.72. The van der Waals surface area contributed by atoms with Crippen molar-refractivity contribution >= 4 is 23.7 Å². The fourth-order valence-corrected chi connectivity index (χ4v) is 1.48. The third-order valence-corrected chi connectivity index (χ3v) is 2.58. The highest BCUT2D eigenvalue weighted by atomic mass is 35.5. The highest BCUT2D eigenvalue weighted by molar-refractivity contribution is 6.31. The van der Waals surface area contributed by atoms with E-state index >= 15 is 0 Å². The zero-order chi connectivity index (χ0) is 13.0. The SMILES string of the molecule is CC(=O)C(Cl)c1ccc(OC(F)F)cc1C=O. The molecule has 1 aromatic carbocycles. The van der Waals surface area contributed by atoms with Crippen LogP contribution in [-0.4, -0.2) is 18.7 Å². The van der Waals surface area contributed by atoms with E-state index < -0.39 is 12.0 Å². The van der Waals surface area contributed by atoms with E-state index in [4.69, 9.17) is 11.6 Å². The summed E-state index contributed by atoms with van der Waals surface area (Å²) in [5.74, 6) is -0.490. The molecule has 0 fully saturated rings. The fourth-order valence-electron chi connectivity index (χ4n) is 1.28. The number of ether oxygens (including phenoxy) is 1. The first kappa shape index (κ1) is 13.6. The first-order valence-corrected chi connectivity index (χ1v) is 5.07. The number of ketones is 1. The molecule has 1 atom stereocenters. The normalized spacial score (nSPS) is 12.3. The Labute approximate surface area is 101 Å². The quantitative estimate of drug-likeness (QED) is 0.605. The molecule has 0 aliphatic heterocycles. The molecular weight excluding hydrogens is 254 g/mol. The van der Waals surface area contributed by atoms with E-state index in [0.717, 1.165) is 6.07 Å². The van der Waals surface area contributed by atoms with Crippen LogP contribution in [0.4, 0.5) is 8.78 Å². The van der Waals surface area contributed by atoms with Crippen molar-refractivity contribution in [2.45, 2.75) is 18.9 Å². The predicted octanol–water partition coefficient (Wildman–Crippen LogP) is 2.97. The highest BCUT2D eigenvalue weighted by Crippen LogP contribution is 2.27. The molecule has 0 aliphatic carbocycles. The monoisotopic (exact) mass is 262 g/mol. The van der Waals surface area contributed by atoms with Gasteiger partial charge in [-0.25, -0.2) is 0 Å². The molecule has 0 amide bonds. The fraction of sp³-hybridized carbons (Fsp3) is 0.273. The average Bonchev–Trinajstić information content (AvgIpc) is 2.27. The van der Waals surface area contributed by atoms with E-state index in [1.165, 1.54) is 19.1 Å². The third kappa shape index (κ3) is 3.49. The molecule has 6 heteroatoms. The van der Waals surface area contributed by atoms with Crippen molar-refractivity contribution in [2.24, 2.45) is 0 Å². The van der Waals surface area contributed by atoms with Gasteiger partial charge in [0.2, 0.25) is 0 Å². The summed E-state index contributed by atoms with van der Waals surface area (Å²) in [4.78, 5) is 21.9. The van der Waals surface area contributed by atoms with Gasteiger partial charge in [0.15, 0.2) is 12.1 Å². The molecule has 1 rings (SSSR count). The molecule has 0 spiro atoms. The molecule has 0 saturated heterocycles. The van der Waals surface area contributed by atoms with Gasteiger partial charge in [-0.1, -0.05) is 6.07 Å². The van der Waals surface area contributed by atoms with Crippen LogP contribution in [-0.2, 0) is 4.79 Å². The molecule has 1 unspecified atom stereocenters. The van der Waals surface area contributed by atoms with Gasteiger partial charge >= 0.3 is 6.61 Å². The van der Waals surface area contributed by atoms with Crippen LogP contribution < -0.4 is 4.74 Å². The minimum Gasteiger partial charge on any atom is -0.435 e. The molecule has 0 N–H and O–H groups in total. The molecule has 0 aromatic heterocycles. The summed E-state index contributed by atoms with van der Waals surface area (Å²) in [6, 6.07) is 3.67. The first-order chi connectivity index (χ1) is 7.95. The van der Waals surface area contributed by atoms with Gasteiger partial charge in [0.1, 0.15) is 11.1 Å². The number of Topliss-reactive ketones (excluding diaryl/α,β-unsaturated/α-hetero) is 1. The van der Waals surface area contributed by atoms with Gasteiger partial charge in [-0.05, 0) is 24.6 Å². The smallest absolute Gasteiger partial charge is 0.387 e. The van der Waals surface area contributed by atoms with E-state index in [1.807, 2.05) is 0 Å². The van der Waals surface area contributed by atoms with Crippen molar-refractivity contribution in [2.75, 3.05) is 0 Å². The molecule has 0 heterocycles. The standard InChI is InChI=1S/C11H9ClF2O3/c1-6(16)10(12)9-3-2-8(17-11(13)14)4-7(9)5-15/h2-5,10-11H,1H3. The van der Waals surface area contributed by atoms with Crippen LogP contribution in [0.1, 0.15) is 28.2 Å². The van der Waals surface area contributed by atoms with Crippen LogP contribution in [0.15, 0.2) is 18.2 Å². The maximum Gasteiger partial charge on any atom is 0.387 e. The lowest BCUT2D eigenvalue weighted by atomic mass is 10.0. The number of hydrogen-bond acceptors (Lipinski definition) is 3. The van der Waals surface area contributed by atoms with Gasteiger partial charge in [0, 0.05) is 5.56 Å². The molecule has 0 saturated carbocycles. The second-order valence-corrected chi connectivity index (χ2v) is 3.70. The van der Waals surface area contributed by atoms with Crippen LogP contribution in [0.2, 0.25) is 0 Å². The van der Waals surface area contributed by atoms with Crippen molar-refractivity contribution in [1.82, 2.24) is 0 Å². The summed E-state index contributed by atoms with van der Waals surface area (Å²) in [7, 11) is 0. The lowest BCUT2D eigenvalue weighted by Gasteiger charge is -2.11. The maximum atomic E-state index is 12.0. The van der Waals surface area contributed by atoms with Crippen LogP contribution in [0.5, 0.6) is 5.75 Å². The van der Waals surface area contributed by atoms with Crippen molar-refractivity contribution in [3.05, 3.63) is 29.3 Å². The summed E-state index contributed by atoms with van der Waals surface area (Å²) in [5, 5.41) is -0.976. The van der Waals surface area contributed by atoms with Crippen LogP contribution in [0.25, 0.3) is 0 Å². The van der Waals surface area contributed by atoms with E-state index in [9.17, 15) is 18.4 Å². The number of alkyl halides is 3. The Morgan fingerprint density at radius 3 is 2.59 bits per heavy atom. The Kier molecular flexibility index (Phi) is 4.57. The molecule has 0 aliphatic rings. The number of rotatable bonds is 5. The Balaban J connectivity index is 3.09. The molecule has 0 radical (unpaired) electrons. The third-order valence-electron chi connectivity index (χ3n) is 2.04. The minimum atomic E-state index is -2.97. The number of carbonyl (C=O) groups is 2. The Bertz CT molecular complexity index is 435. The van der Waals surface area contributed by atoms with Gasteiger partial charge in [0.25, 0.3) is 0 Å². The van der Waals surface area contributed by atoms with Gasteiger partial charge < -0.3 is 4.74 Å². The average molecular weight is 263 g/mol. The van der Waals surface area contributed by atoms with Crippen molar-refractivity contribution in [3.8, 4) is 5.75 Å². The Hall–Kier alpha value is -1.49. The maximum absolute atomic E-state index is 12.0. The summed E-state index contributed by atoms with van der Waals surface area (Å²) in [6.45, 7) is -1.70. The number of aldehydes is 1. The zero-order valence-corrected chi connectivity index (χ0v) is 9.58. The summed E-state index contributed by atoms with van der Waals surface area (Å²) in [5.41, 5.74) is 0.328. The molecule has 92 valence electrons. The zero-order valence-electron chi connectivity index (χ0n) is 8.82. The minimum absolute atomic E-state index is 0.0540. The van der Waals surface area contributed by atoms with Crippen molar-refractivity contribution < 1.29 is 23.1 Å². The number of carbonyl (C=O) groups excluding carboxylic acids is 2. The van der Waals surface area contributed by atoms with E-state index in [-0.39, 0.29) is 22.7 Å². The van der Waals surface area contributed by atoms with E-state index in [0.29, 0.717) is 6.29 Å². The Morgan fingerprint density at radius 1 is 1.47 bits per heavy atom. The largest absolute Gasteiger partial charge is 0.435 e. The van der Waals surface area contributed by atoms with Crippen LogP contribution in [0, 0.1) is 0 Å². The number of hydrogen-bond donors (Lipinski definition) is 0. The lowest BCUT2D eigenvalue weighted by Crippen LogP contribution is -2.07. The number of benzene rings is 1. The van der Waals surface area contributed by atoms with Gasteiger partial charge in [-0.2, -0.15) is 8.78 Å². The molecule has 0 bridgehead atoms. The molecular formula is C11H9ClF2O3. The second-order valence-electron chi connectivity index (χ2n) is 3.26. The molecule has 17 heavy (non-hydrogen) atoms. The van der Waals surface area contributed by atoms with Crippen LogP contribution in [0.3, 0.4) is 0 Å². The lowest BCUT2D eigenvalue weighted by molar-refractivity contribution is -0.116. The topological polar surface area (TPSA) is 43.4 Å². The number of halogens is 3.